The van der Waals surface area contributed by atoms with Gasteiger partial charge in [-0.3, -0.25) is 9.59 Å². The summed E-state index contributed by atoms with van der Waals surface area (Å²) in [5, 5.41) is 14.2. The molecule has 0 radical (unpaired) electrons. The third kappa shape index (κ3) is 3.61. The summed E-state index contributed by atoms with van der Waals surface area (Å²) in [6.07, 6.45) is 0.460. The van der Waals surface area contributed by atoms with Crippen LogP contribution in [0.15, 0.2) is 0 Å². The Labute approximate surface area is 106 Å². The van der Waals surface area contributed by atoms with Crippen molar-refractivity contribution in [1.29, 1.82) is 0 Å². The van der Waals surface area contributed by atoms with E-state index in [1.807, 2.05) is 0 Å². The maximum atomic E-state index is 11.7. The standard InChI is InChI=1S/C11H19N3O4/c1-8(15)12-4-5-13-10(18)14-6-3-11(2,7-14)9(16)17/h3-7H2,1-2H3,(H,12,15)(H,13,18)(H,16,17). The van der Waals surface area contributed by atoms with E-state index in [-0.39, 0.29) is 18.5 Å². The van der Waals surface area contributed by atoms with Crippen molar-refractivity contribution < 1.29 is 19.5 Å². The second-order valence-corrected chi connectivity index (χ2v) is 4.75. The average molecular weight is 257 g/mol. The van der Waals surface area contributed by atoms with Gasteiger partial charge in [0.25, 0.3) is 0 Å². The summed E-state index contributed by atoms with van der Waals surface area (Å²) in [6.45, 7) is 4.40. The van der Waals surface area contributed by atoms with Gasteiger partial charge < -0.3 is 20.6 Å². The third-order valence-corrected chi connectivity index (χ3v) is 3.05. The fourth-order valence-electron chi connectivity index (χ4n) is 1.83. The van der Waals surface area contributed by atoms with Crippen molar-refractivity contribution in [2.45, 2.75) is 20.3 Å². The zero-order chi connectivity index (χ0) is 13.8. The lowest BCUT2D eigenvalue weighted by molar-refractivity contribution is -0.147. The van der Waals surface area contributed by atoms with Crippen LogP contribution in [0.1, 0.15) is 20.3 Å². The normalized spacial score (nSPS) is 22.7. The predicted octanol–water partition coefficient (Wildman–Crippen LogP) is -0.371. The van der Waals surface area contributed by atoms with Gasteiger partial charge >= 0.3 is 12.0 Å². The summed E-state index contributed by atoms with van der Waals surface area (Å²) in [5.74, 6) is -1.03. The average Bonchev–Trinajstić information content (AvgIpc) is 2.68. The highest BCUT2D eigenvalue weighted by molar-refractivity contribution is 5.79. The number of carboxylic acid groups (broad SMARTS) is 1. The van der Waals surface area contributed by atoms with Gasteiger partial charge in [0.15, 0.2) is 0 Å². The first-order valence-corrected chi connectivity index (χ1v) is 5.86. The van der Waals surface area contributed by atoms with Crippen LogP contribution in [-0.4, -0.2) is 54.1 Å². The summed E-state index contributed by atoms with van der Waals surface area (Å²) >= 11 is 0. The first-order valence-electron chi connectivity index (χ1n) is 5.86. The number of nitrogens with one attached hydrogen (secondary N) is 2. The van der Waals surface area contributed by atoms with Gasteiger partial charge in [0.2, 0.25) is 5.91 Å². The lowest BCUT2D eigenvalue weighted by atomic mass is 9.90. The van der Waals surface area contributed by atoms with Crippen molar-refractivity contribution >= 4 is 17.9 Å². The minimum Gasteiger partial charge on any atom is -0.481 e. The van der Waals surface area contributed by atoms with Crippen LogP contribution in [0.25, 0.3) is 0 Å². The van der Waals surface area contributed by atoms with E-state index in [0.717, 1.165) is 0 Å². The van der Waals surface area contributed by atoms with Crippen LogP contribution in [0.3, 0.4) is 0 Å². The molecule has 1 unspecified atom stereocenters. The third-order valence-electron chi connectivity index (χ3n) is 3.05. The molecule has 102 valence electrons. The lowest BCUT2D eigenvalue weighted by Gasteiger charge is -2.20. The molecule has 7 heteroatoms. The predicted molar refractivity (Wildman–Crippen MR) is 64.0 cm³/mol. The monoisotopic (exact) mass is 257 g/mol. The number of amides is 3. The molecule has 0 aromatic heterocycles. The van der Waals surface area contributed by atoms with Gasteiger partial charge in [-0.25, -0.2) is 4.79 Å². The molecule has 1 aliphatic rings. The van der Waals surface area contributed by atoms with E-state index >= 15 is 0 Å². The Kier molecular flexibility index (Phi) is 4.52. The van der Waals surface area contributed by atoms with Crippen LogP contribution in [-0.2, 0) is 9.59 Å². The fourth-order valence-corrected chi connectivity index (χ4v) is 1.83. The molecule has 0 aliphatic carbocycles. The molecular formula is C11H19N3O4. The van der Waals surface area contributed by atoms with E-state index in [9.17, 15) is 14.4 Å². The number of urea groups is 1. The Balaban J connectivity index is 2.32. The van der Waals surface area contributed by atoms with Crippen LogP contribution < -0.4 is 10.6 Å². The SMILES string of the molecule is CC(=O)NCCNC(=O)N1CCC(C)(C(=O)O)C1. The lowest BCUT2D eigenvalue weighted by Crippen LogP contribution is -2.43. The van der Waals surface area contributed by atoms with Crippen molar-refractivity contribution in [2.24, 2.45) is 5.41 Å². The summed E-state index contributed by atoms with van der Waals surface area (Å²) in [6, 6.07) is -0.287. The van der Waals surface area contributed by atoms with E-state index in [0.29, 0.717) is 26.1 Å². The van der Waals surface area contributed by atoms with Gasteiger partial charge in [-0.1, -0.05) is 0 Å². The Hall–Kier alpha value is -1.79. The number of hydrogen-bond donors (Lipinski definition) is 3. The molecule has 0 spiro atoms. The minimum absolute atomic E-state index is 0.149. The van der Waals surface area contributed by atoms with Gasteiger partial charge in [-0.15, -0.1) is 0 Å². The van der Waals surface area contributed by atoms with Crippen molar-refractivity contribution in [3.63, 3.8) is 0 Å². The molecule has 1 heterocycles. The molecule has 1 aliphatic heterocycles. The molecule has 1 saturated heterocycles. The molecule has 0 aromatic carbocycles. The smallest absolute Gasteiger partial charge is 0.317 e. The quantitative estimate of drug-likeness (QED) is 0.598. The maximum absolute atomic E-state index is 11.7. The van der Waals surface area contributed by atoms with Crippen LogP contribution in [0, 0.1) is 5.41 Å². The second kappa shape index (κ2) is 5.70. The molecule has 18 heavy (non-hydrogen) atoms. The van der Waals surface area contributed by atoms with Crippen LogP contribution in [0.5, 0.6) is 0 Å². The van der Waals surface area contributed by atoms with Gasteiger partial charge in [-0.05, 0) is 13.3 Å². The van der Waals surface area contributed by atoms with Gasteiger partial charge in [0.05, 0.1) is 5.41 Å². The molecule has 1 fully saturated rings. The summed E-state index contributed by atoms with van der Waals surface area (Å²) in [7, 11) is 0. The zero-order valence-corrected chi connectivity index (χ0v) is 10.7. The molecule has 3 N–H and O–H groups in total. The molecule has 0 saturated carbocycles. The molecule has 1 rings (SSSR count). The maximum Gasteiger partial charge on any atom is 0.317 e. The molecule has 1 atom stereocenters. The van der Waals surface area contributed by atoms with E-state index < -0.39 is 11.4 Å². The Morgan fingerprint density at radius 3 is 2.39 bits per heavy atom. The Morgan fingerprint density at radius 1 is 1.28 bits per heavy atom. The highest BCUT2D eigenvalue weighted by Gasteiger charge is 2.42. The van der Waals surface area contributed by atoms with Crippen molar-refractivity contribution in [2.75, 3.05) is 26.2 Å². The number of carboxylic acids is 1. The molecule has 7 nitrogen and oxygen atoms in total. The number of rotatable bonds is 4. The number of hydrogen-bond acceptors (Lipinski definition) is 3. The molecular weight excluding hydrogens is 238 g/mol. The van der Waals surface area contributed by atoms with Crippen LogP contribution in [0.2, 0.25) is 0 Å². The first-order chi connectivity index (χ1) is 8.35. The number of likely N-dealkylation sites (tertiary alicyclic amines) is 1. The first kappa shape index (κ1) is 14.3. The van der Waals surface area contributed by atoms with E-state index in [1.54, 1.807) is 6.92 Å². The van der Waals surface area contributed by atoms with Gasteiger partial charge in [0, 0.05) is 33.1 Å². The molecule has 0 aromatic rings. The summed E-state index contributed by atoms with van der Waals surface area (Å²) in [5.41, 5.74) is -0.852. The Bertz CT molecular complexity index is 358. The van der Waals surface area contributed by atoms with E-state index in [4.69, 9.17) is 5.11 Å². The summed E-state index contributed by atoms with van der Waals surface area (Å²) in [4.78, 5) is 34.8. The highest BCUT2D eigenvalue weighted by Crippen LogP contribution is 2.29. The van der Waals surface area contributed by atoms with Gasteiger partial charge in [-0.2, -0.15) is 0 Å². The van der Waals surface area contributed by atoms with E-state index in [1.165, 1.54) is 11.8 Å². The largest absolute Gasteiger partial charge is 0.481 e. The number of carbonyl (C=O) groups excluding carboxylic acids is 2. The zero-order valence-electron chi connectivity index (χ0n) is 10.7. The van der Waals surface area contributed by atoms with Crippen molar-refractivity contribution in [1.82, 2.24) is 15.5 Å². The molecule has 0 bridgehead atoms. The number of carbonyl (C=O) groups is 3. The second-order valence-electron chi connectivity index (χ2n) is 4.75. The van der Waals surface area contributed by atoms with E-state index in [2.05, 4.69) is 10.6 Å². The van der Waals surface area contributed by atoms with Gasteiger partial charge in [0.1, 0.15) is 0 Å². The minimum atomic E-state index is -0.879. The number of nitrogens with zero attached hydrogens (tertiary/aromatic N) is 1. The van der Waals surface area contributed by atoms with Crippen LogP contribution >= 0.6 is 0 Å². The van der Waals surface area contributed by atoms with Crippen LogP contribution in [0.4, 0.5) is 4.79 Å². The molecule has 3 amide bonds. The Morgan fingerprint density at radius 2 is 1.89 bits per heavy atom. The summed E-state index contributed by atoms with van der Waals surface area (Å²) < 4.78 is 0. The van der Waals surface area contributed by atoms with Crippen molar-refractivity contribution in [3.8, 4) is 0 Å². The van der Waals surface area contributed by atoms with Crippen molar-refractivity contribution in [3.05, 3.63) is 0 Å². The fraction of sp³-hybridized carbons (Fsp3) is 0.727. The topological polar surface area (TPSA) is 98.7 Å². The number of aliphatic carboxylic acids is 1. The highest BCUT2D eigenvalue weighted by atomic mass is 16.4.